The van der Waals surface area contributed by atoms with Crippen LogP contribution in [0, 0.1) is 0 Å². The molecule has 1 aliphatic heterocycles. The van der Waals surface area contributed by atoms with E-state index in [-0.39, 0.29) is 24.1 Å². The molecule has 0 aliphatic carbocycles. The number of benzene rings is 1. The molecule has 1 unspecified atom stereocenters. The van der Waals surface area contributed by atoms with E-state index in [9.17, 15) is 16.8 Å². The number of fused-ring (bicyclic) bond motifs is 1. The van der Waals surface area contributed by atoms with Gasteiger partial charge in [0, 0.05) is 18.8 Å². The van der Waals surface area contributed by atoms with Crippen LogP contribution in [-0.4, -0.2) is 41.1 Å². The van der Waals surface area contributed by atoms with Gasteiger partial charge in [-0.15, -0.1) is 0 Å². The topological polar surface area (TPSA) is 80.3 Å². The lowest BCUT2D eigenvalue weighted by molar-refractivity contribution is 0.571. The van der Waals surface area contributed by atoms with Crippen molar-refractivity contribution in [3.8, 4) is 0 Å². The predicted molar refractivity (Wildman–Crippen MR) is 68.9 cm³/mol. The lowest BCUT2D eigenvalue weighted by Crippen LogP contribution is -2.28. The Labute approximate surface area is 107 Å². The SMILES string of the molecule is CS(=O)(=O)CCNC1CS(=O)(=O)c2ccccc21. The Balaban J connectivity index is 2.14. The zero-order chi connectivity index (χ0) is 13.4. The molecule has 0 bridgehead atoms. The number of rotatable bonds is 4. The second-order valence-electron chi connectivity index (χ2n) is 4.46. The quantitative estimate of drug-likeness (QED) is 0.853. The molecule has 0 saturated carbocycles. The highest BCUT2D eigenvalue weighted by Crippen LogP contribution is 2.32. The van der Waals surface area contributed by atoms with Gasteiger partial charge in [-0.05, 0) is 11.6 Å². The maximum atomic E-state index is 11.9. The minimum absolute atomic E-state index is 0.00386. The van der Waals surface area contributed by atoms with Crippen molar-refractivity contribution in [2.24, 2.45) is 0 Å². The third-order valence-electron chi connectivity index (χ3n) is 2.88. The van der Waals surface area contributed by atoms with Crippen LogP contribution in [0.1, 0.15) is 11.6 Å². The summed E-state index contributed by atoms with van der Waals surface area (Å²) in [6, 6.07) is 6.51. The van der Waals surface area contributed by atoms with Crippen LogP contribution in [0.4, 0.5) is 0 Å². The molecule has 1 N–H and O–H groups in total. The van der Waals surface area contributed by atoms with E-state index in [1.807, 2.05) is 0 Å². The van der Waals surface area contributed by atoms with E-state index in [1.165, 1.54) is 0 Å². The molecule has 0 saturated heterocycles. The molecule has 18 heavy (non-hydrogen) atoms. The first-order valence-corrected chi connectivity index (χ1v) is 9.24. The highest BCUT2D eigenvalue weighted by molar-refractivity contribution is 7.91. The smallest absolute Gasteiger partial charge is 0.180 e. The summed E-state index contributed by atoms with van der Waals surface area (Å²) in [5.74, 6) is 0.00181. The summed E-state index contributed by atoms with van der Waals surface area (Å²) < 4.78 is 45.8. The fourth-order valence-electron chi connectivity index (χ4n) is 2.04. The van der Waals surface area contributed by atoms with Crippen LogP contribution in [0.5, 0.6) is 0 Å². The molecule has 0 spiro atoms. The first-order chi connectivity index (χ1) is 8.30. The number of nitrogens with one attached hydrogen (secondary N) is 1. The van der Waals surface area contributed by atoms with E-state index in [0.29, 0.717) is 4.90 Å². The Hall–Kier alpha value is -0.920. The fourth-order valence-corrected chi connectivity index (χ4v) is 4.30. The fraction of sp³-hybridized carbons (Fsp3) is 0.455. The maximum Gasteiger partial charge on any atom is 0.180 e. The summed E-state index contributed by atoms with van der Waals surface area (Å²) in [5.41, 5.74) is 0.728. The van der Waals surface area contributed by atoms with Crippen molar-refractivity contribution in [1.29, 1.82) is 0 Å². The van der Waals surface area contributed by atoms with Gasteiger partial charge in [0.25, 0.3) is 0 Å². The van der Waals surface area contributed by atoms with Crippen molar-refractivity contribution in [3.05, 3.63) is 29.8 Å². The first-order valence-electron chi connectivity index (χ1n) is 5.52. The van der Waals surface area contributed by atoms with Crippen LogP contribution in [0.25, 0.3) is 0 Å². The Morgan fingerprint density at radius 3 is 2.67 bits per heavy atom. The molecule has 100 valence electrons. The molecule has 1 heterocycles. The summed E-state index contributed by atoms with van der Waals surface area (Å²) in [6.45, 7) is 0.257. The molecular formula is C11H15NO4S2. The van der Waals surface area contributed by atoms with Gasteiger partial charge in [-0.1, -0.05) is 18.2 Å². The highest BCUT2D eigenvalue weighted by atomic mass is 32.2. The molecule has 7 heteroatoms. The van der Waals surface area contributed by atoms with E-state index >= 15 is 0 Å². The second-order valence-corrected chi connectivity index (χ2v) is 8.72. The molecule has 1 aromatic carbocycles. The van der Waals surface area contributed by atoms with Gasteiger partial charge >= 0.3 is 0 Å². The van der Waals surface area contributed by atoms with Gasteiger partial charge in [-0.2, -0.15) is 0 Å². The maximum absolute atomic E-state index is 11.9. The molecule has 0 aromatic heterocycles. The van der Waals surface area contributed by atoms with Gasteiger partial charge in [0.1, 0.15) is 9.84 Å². The summed E-state index contributed by atoms with van der Waals surface area (Å²) in [7, 11) is -6.27. The van der Waals surface area contributed by atoms with E-state index < -0.39 is 19.7 Å². The summed E-state index contributed by atoms with van der Waals surface area (Å²) >= 11 is 0. The van der Waals surface area contributed by atoms with Crippen molar-refractivity contribution in [1.82, 2.24) is 5.32 Å². The van der Waals surface area contributed by atoms with Crippen molar-refractivity contribution in [2.45, 2.75) is 10.9 Å². The molecular weight excluding hydrogens is 274 g/mol. The van der Waals surface area contributed by atoms with Gasteiger partial charge in [-0.3, -0.25) is 0 Å². The van der Waals surface area contributed by atoms with Gasteiger partial charge < -0.3 is 5.32 Å². The monoisotopic (exact) mass is 289 g/mol. The minimum atomic E-state index is -3.23. The van der Waals surface area contributed by atoms with E-state index in [0.717, 1.165) is 11.8 Å². The molecule has 0 radical (unpaired) electrons. The second kappa shape index (κ2) is 4.64. The predicted octanol–water partition coefficient (Wildman–Crippen LogP) is 0.149. The average Bonchev–Trinajstić information content (AvgIpc) is 2.50. The van der Waals surface area contributed by atoms with Gasteiger partial charge in [0.15, 0.2) is 9.84 Å². The molecule has 1 aliphatic rings. The highest BCUT2D eigenvalue weighted by Gasteiger charge is 2.33. The Bertz CT molecular complexity index is 649. The molecule has 0 fully saturated rings. The molecule has 5 nitrogen and oxygen atoms in total. The minimum Gasteiger partial charge on any atom is -0.308 e. The van der Waals surface area contributed by atoms with Crippen molar-refractivity contribution < 1.29 is 16.8 Å². The van der Waals surface area contributed by atoms with Crippen molar-refractivity contribution in [3.63, 3.8) is 0 Å². The average molecular weight is 289 g/mol. The van der Waals surface area contributed by atoms with Crippen molar-refractivity contribution in [2.75, 3.05) is 24.3 Å². The third-order valence-corrected chi connectivity index (χ3v) is 5.64. The standard InChI is InChI=1S/C11H15NO4S2/c1-17(13,14)7-6-12-10-8-18(15,16)11-5-3-2-4-9(10)11/h2-5,10,12H,6-8H2,1H3. The molecule has 1 aromatic rings. The van der Waals surface area contributed by atoms with Crippen molar-refractivity contribution >= 4 is 19.7 Å². The number of sulfone groups is 2. The normalized spacial score (nSPS) is 21.7. The lowest BCUT2D eigenvalue weighted by atomic mass is 10.1. The van der Waals surface area contributed by atoms with Crippen LogP contribution < -0.4 is 5.32 Å². The van der Waals surface area contributed by atoms with Crippen LogP contribution in [0.3, 0.4) is 0 Å². The zero-order valence-corrected chi connectivity index (χ0v) is 11.6. The molecule has 1 atom stereocenters. The number of hydrogen-bond donors (Lipinski definition) is 1. The van der Waals surface area contributed by atoms with Crippen LogP contribution in [0.15, 0.2) is 29.2 Å². The Morgan fingerprint density at radius 1 is 1.33 bits per heavy atom. The Kier molecular flexibility index (Phi) is 3.48. The van der Waals surface area contributed by atoms with Crippen LogP contribution in [0.2, 0.25) is 0 Å². The zero-order valence-electron chi connectivity index (χ0n) is 9.96. The third kappa shape index (κ3) is 2.90. The van der Waals surface area contributed by atoms with Gasteiger partial charge in [-0.25, -0.2) is 16.8 Å². The van der Waals surface area contributed by atoms with Gasteiger partial charge in [0.2, 0.25) is 0 Å². The molecule has 2 rings (SSSR count). The summed E-state index contributed by atoms with van der Waals surface area (Å²) in [5, 5.41) is 2.99. The van der Waals surface area contributed by atoms with Gasteiger partial charge in [0.05, 0.1) is 16.4 Å². The van der Waals surface area contributed by atoms with E-state index in [1.54, 1.807) is 24.3 Å². The van der Waals surface area contributed by atoms with Crippen LogP contribution >= 0.6 is 0 Å². The van der Waals surface area contributed by atoms with E-state index in [4.69, 9.17) is 0 Å². The Morgan fingerprint density at radius 2 is 2.00 bits per heavy atom. The number of hydrogen-bond acceptors (Lipinski definition) is 5. The first kappa shape index (κ1) is 13.5. The lowest BCUT2D eigenvalue weighted by Gasteiger charge is -2.11. The summed E-state index contributed by atoms with van der Waals surface area (Å²) in [4.78, 5) is 0.349. The van der Waals surface area contributed by atoms with Crippen LogP contribution in [-0.2, 0) is 19.7 Å². The largest absolute Gasteiger partial charge is 0.308 e. The van der Waals surface area contributed by atoms with E-state index in [2.05, 4.69) is 5.32 Å². The molecule has 0 amide bonds. The summed E-state index contributed by atoms with van der Waals surface area (Å²) in [6.07, 6.45) is 1.16.